The number of allylic oxidation sites excluding steroid dienone is 7. The van der Waals surface area contributed by atoms with Gasteiger partial charge in [0.2, 0.25) is 0 Å². The molecule has 0 bridgehead atoms. The standard InChI is InChI=1S/C22H20N2O2S/c1-14-18-7-3-5-16(21-24-10-11-27-21)13-20(18)26-22(25)19(14)12-15-4-2-6-17(23)9-8-15/h2,4-8,10-11,13H,3,9,12,23H2,1H3. The molecule has 2 aliphatic rings. The van der Waals surface area contributed by atoms with Crippen LogP contribution in [0.2, 0.25) is 0 Å². The van der Waals surface area contributed by atoms with Crippen LogP contribution in [0.3, 0.4) is 0 Å². The van der Waals surface area contributed by atoms with Crippen LogP contribution in [0, 0.1) is 6.92 Å². The smallest absolute Gasteiger partial charge is 0.340 e. The zero-order valence-corrected chi connectivity index (χ0v) is 15.9. The fraction of sp³-hybridized carbons (Fsp3) is 0.182. The molecule has 0 amide bonds. The minimum Gasteiger partial charge on any atom is -0.422 e. The minimum atomic E-state index is -0.282. The molecular weight excluding hydrogens is 356 g/mol. The molecule has 136 valence electrons. The quantitative estimate of drug-likeness (QED) is 0.894. The molecule has 2 aromatic heterocycles. The molecule has 27 heavy (non-hydrogen) atoms. The van der Waals surface area contributed by atoms with Crippen molar-refractivity contribution in [2.24, 2.45) is 5.73 Å². The van der Waals surface area contributed by atoms with E-state index in [1.165, 1.54) is 0 Å². The maximum atomic E-state index is 12.7. The fourth-order valence-corrected chi connectivity index (χ4v) is 3.97. The highest BCUT2D eigenvalue weighted by atomic mass is 32.1. The Hall–Kier alpha value is -2.92. The van der Waals surface area contributed by atoms with Crippen molar-refractivity contribution in [3.8, 4) is 0 Å². The third-order valence-electron chi connectivity index (χ3n) is 4.80. The van der Waals surface area contributed by atoms with Gasteiger partial charge in [-0.15, -0.1) is 11.3 Å². The first-order chi connectivity index (χ1) is 13.1. The molecule has 2 heterocycles. The SMILES string of the molecule is Cc1c(CC2=CCC(N)=CC=C2)c(=O)oc2c1=CCC=C(c1nccs1)C=2. The number of hydrogen-bond acceptors (Lipinski definition) is 5. The van der Waals surface area contributed by atoms with Crippen LogP contribution >= 0.6 is 11.3 Å². The van der Waals surface area contributed by atoms with Gasteiger partial charge in [0.25, 0.3) is 0 Å². The van der Waals surface area contributed by atoms with Crippen molar-refractivity contribution in [3.63, 3.8) is 0 Å². The summed E-state index contributed by atoms with van der Waals surface area (Å²) < 4.78 is 5.72. The summed E-state index contributed by atoms with van der Waals surface area (Å²) in [6.45, 7) is 2.00. The Morgan fingerprint density at radius 1 is 1.30 bits per heavy atom. The minimum absolute atomic E-state index is 0.282. The Morgan fingerprint density at radius 3 is 3.00 bits per heavy atom. The van der Waals surface area contributed by atoms with Crippen LogP contribution < -0.4 is 22.0 Å². The van der Waals surface area contributed by atoms with E-state index in [1.54, 1.807) is 17.5 Å². The third kappa shape index (κ3) is 3.64. The first-order valence-corrected chi connectivity index (χ1v) is 9.76. The largest absolute Gasteiger partial charge is 0.422 e. The highest BCUT2D eigenvalue weighted by Gasteiger charge is 2.13. The number of hydrogen-bond donors (Lipinski definition) is 1. The molecule has 0 atom stereocenters. The summed E-state index contributed by atoms with van der Waals surface area (Å²) in [6.07, 6.45) is 17.8. The van der Waals surface area contributed by atoms with Crippen molar-refractivity contribution in [3.05, 3.63) is 90.4 Å². The highest BCUT2D eigenvalue weighted by molar-refractivity contribution is 7.10. The van der Waals surface area contributed by atoms with E-state index in [-0.39, 0.29) is 5.63 Å². The molecule has 0 aromatic carbocycles. The maximum absolute atomic E-state index is 12.7. The zero-order valence-electron chi connectivity index (χ0n) is 15.1. The Balaban J connectivity index is 1.77. The van der Waals surface area contributed by atoms with Crippen molar-refractivity contribution in [1.82, 2.24) is 4.98 Å². The molecule has 2 N–H and O–H groups in total. The first kappa shape index (κ1) is 17.5. The molecule has 4 rings (SSSR count). The van der Waals surface area contributed by atoms with Crippen LogP contribution in [0.15, 0.2) is 62.4 Å². The third-order valence-corrected chi connectivity index (χ3v) is 5.62. The molecule has 0 fully saturated rings. The van der Waals surface area contributed by atoms with E-state index in [9.17, 15) is 4.79 Å². The highest BCUT2D eigenvalue weighted by Crippen LogP contribution is 2.20. The lowest BCUT2D eigenvalue weighted by Crippen LogP contribution is -2.34. The lowest BCUT2D eigenvalue weighted by molar-refractivity contribution is 0.465. The van der Waals surface area contributed by atoms with Crippen molar-refractivity contribution in [1.29, 1.82) is 0 Å². The van der Waals surface area contributed by atoms with Gasteiger partial charge in [0, 0.05) is 46.5 Å². The summed E-state index contributed by atoms with van der Waals surface area (Å²) >= 11 is 1.58. The van der Waals surface area contributed by atoms with Gasteiger partial charge in [0.15, 0.2) is 0 Å². The average Bonchev–Trinajstić information content (AvgIpc) is 3.00. The number of fused-ring (bicyclic) bond motifs is 1. The van der Waals surface area contributed by atoms with Crippen LogP contribution in [0.5, 0.6) is 0 Å². The van der Waals surface area contributed by atoms with E-state index in [2.05, 4.69) is 23.2 Å². The van der Waals surface area contributed by atoms with Gasteiger partial charge in [-0.2, -0.15) is 0 Å². The first-order valence-electron chi connectivity index (χ1n) is 8.88. The normalized spacial score (nSPS) is 16.1. The van der Waals surface area contributed by atoms with Crippen LogP contribution in [-0.2, 0) is 6.42 Å². The van der Waals surface area contributed by atoms with Crippen LogP contribution in [-0.4, -0.2) is 4.98 Å². The summed E-state index contributed by atoms with van der Waals surface area (Å²) in [5.74, 6) is 0. The Morgan fingerprint density at radius 2 is 2.19 bits per heavy atom. The Bertz CT molecular complexity index is 1180. The number of nitrogens with zero attached hydrogens (tertiary/aromatic N) is 1. The molecule has 0 radical (unpaired) electrons. The van der Waals surface area contributed by atoms with E-state index in [4.69, 9.17) is 10.2 Å². The van der Waals surface area contributed by atoms with Crippen molar-refractivity contribution in [2.75, 3.05) is 0 Å². The topological polar surface area (TPSA) is 69.1 Å². The van der Waals surface area contributed by atoms with E-state index in [0.29, 0.717) is 23.8 Å². The number of thiazole rings is 1. The lowest BCUT2D eigenvalue weighted by Gasteiger charge is -2.06. The molecule has 2 aromatic rings. The maximum Gasteiger partial charge on any atom is 0.340 e. The second-order valence-electron chi connectivity index (χ2n) is 6.61. The second kappa shape index (κ2) is 7.37. The van der Waals surface area contributed by atoms with Gasteiger partial charge in [-0.3, -0.25) is 0 Å². The summed E-state index contributed by atoms with van der Waals surface area (Å²) in [5, 5.41) is 3.86. The van der Waals surface area contributed by atoms with Gasteiger partial charge in [-0.1, -0.05) is 30.4 Å². The molecule has 5 heteroatoms. The summed E-state index contributed by atoms with van der Waals surface area (Å²) in [4.78, 5) is 17.1. The Labute approximate surface area is 161 Å². The van der Waals surface area contributed by atoms with E-state index >= 15 is 0 Å². The lowest BCUT2D eigenvalue weighted by atomic mass is 10.00. The molecule has 2 aliphatic carbocycles. The van der Waals surface area contributed by atoms with Crippen molar-refractivity contribution >= 4 is 29.1 Å². The summed E-state index contributed by atoms with van der Waals surface area (Å²) in [7, 11) is 0. The monoisotopic (exact) mass is 376 g/mol. The zero-order chi connectivity index (χ0) is 18.8. The van der Waals surface area contributed by atoms with E-state index in [0.717, 1.165) is 39.1 Å². The van der Waals surface area contributed by atoms with Crippen molar-refractivity contribution < 1.29 is 4.42 Å². The van der Waals surface area contributed by atoms with Gasteiger partial charge in [0.05, 0.1) is 0 Å². The predicted molar refractivity (Wildman–Crippen MR) is 110 cm³/mol. The van der Waals surface area contributed by atoms with E-state index in [1.807, 2.05) is 36.6 Å². The summed E-state index contributed by atoms with van der Waals surface area (Å²) in [5.41, 5.74) is 10.8. The molecular formula is C22H20N2O2S. The van der Waals surface area contributed by atoms with Crippen molar-refractivity contribution in [2.45, 2.75) is 26.2 Å². The molecule has 0 unspecified atom stereocenters. The molecule has 0 saturated heterocycles. The van der Waals surface area contributed by atoms with Gasteiger partial charge in [-0.05, 0) is 36.6 Å². The average molecular weight is 376 g/mol. The van der Waals surface area contributed by atoms with E-state index < -0.39 is 0 Å². The number of rotatable bonds is 3. The van der Waals surface area contributed by atoms with Crippen LogP contribution in [0.4, 0.5) is 0 Å². The molecule has 4 nitrogen and oxygen atoms in total. The predicted octanol–water partition coefficient (Wildman–Crippen LogP) is 2.72. The van der Waals surface area contributed by atoms with Crippen LogP contribution in [0.25, 0.3) is 17.7 Å². The molecule has 0 saturated carbocycles. The second-order valence-corrected chi connectivity index (χ2v) is 7.51. The summed E-state index contributed by atoms with van der Waals surface area (Å²) in [6, 6.07) is 0. The number of nitrogens with two attached hydrogens (primary N) is 1. The Kier molecular flexibility index (Phi) is 4.77. The van der Waals surface area contributed by atoms with Crippen LogP contribution in [0.1, 0.15) is 29.0 Å². The molecule has 0 aliphatic heterocycles. The molecule has 0 spiro atoms. The fourth-order valence-electron chi connectivity index (χ4n) is 3.32. The van der Waals surface area contributed by atoms with Gasteiger partial charge in [0.1, 0.15) is 10.4 Å². The number of aromatic nitrogens is 1. The van der Waals surface area contributed by atoms with Gasteiger partial charge < -0.3 is 10.2 Å². The van der Waals surface area contributed by atoms with Gasteiger partial charge >= 0.3 is 5.63 Å². The van der Waals surface area contributed by atoms with Gasteiger partial charge in [-0.25, -0.2) is 9.78 Å².